The zero-order valence-corrected chi connectivity index (χ0v) is 49.1. The molecule has 0 aliphatic rings. The molecule has 0 rings (SSSR count). The van der Waals surface area contributed by atoms with Crippen LogP contribution in [0.5, 0.6) is 0 Å². The Bertz CT molecular complexity index is 1370. The van der Waals surface area contributed by atoms with Gasteiger partial charge in [0.1, 0.15) is 13.2 Å². The van der Waals surface area contributed by atoms with Crippen LogP contribution < -0.4 is 0 Å². The fourth-order valence-electron chi connectivity index (χ4n) is 9.17. The molecule has 0 bridgehead atoms. The Kier molecular flexibility index (Phi) is 59.7. The quantitative estimate of drug-likeness (QED) is 0.0261. The molecule has 0 heterocycles. The van der Waals surface area contributed by atoms with E-state index in [1.807, 2.05) is 0 Å². The molecule has 0 N–H and O–H groups in total. The molecular formula is C68H120O6. The van der Waals surface area contributed by atoms with Crippen LogP contribution in [-0.4, -0.2) is 37.2 Å². The molecule has 6 nitrogen and oxygen atoms in total. The summed E-state index contributed by atoms with van der Waals surface area (Å²) >= 11 is 0. The monoisotopic (exact) mass is 1030 g/mol. The van der Waals surface area contributed by atoms with Gasteiger partial charge in [0, 0.05) is 19.3 Å². The predicted molar refractivity (Wildman–Crippen MR) is 321 cm³/mol. The number of carbonyl (C=O) groups excluding carboxylic acids is 3. The van der Waals surface area contributed by atoms with Crippen LogP contribution in [0.4, 0.5) is 0 Å². The van der Waals surface area contributed by atoms with Gasteiger partial charge >= 0.3 is 17.9 Å². The molecule has 1 atom stereocenters. The van der Waals surface area contributed by atoms with E-state index in [2.05, 4.69) is 93.7 Å². The molecule has 0 aliphatic heterocycles. The maximum atomic E-state index is 12.9. The van der Waals surface area contributed by atoms with Gasteiger partial charge < -0.3 is 14.2 Å². The van der Waals surface area contributed by atoms with Crippen molar-refractivity contribution in [3.05, 3.63) is 72.9 Å². The average molecular weight is 1030 g/mol. The molecule has 0 aromatic heterocycles. The summed E-state index contributed by atoms with van der Waals surface area (Å²) in [5.41, 5.74) is 0. The third-order valence-electron chi connectivity index (χ3n) is 13.9. The molecule has 428 valence electrons. The van der Waals surface area contributed by atoms with Gasteiger partial charge in [0.15, 0.2) is 6.10 Å². The standard InChI is InChI=1S/C68H120O6/c1-4-7-10-13-16-19-22-25-27-28-29-30-31-32-33-34-35-36-37-38-39-40-42-43-46-49-52-55-58-61-67(70)73-64-65(63-72-66(69)60-57-54-51-48-45-24-21-18-15-12-9-6-3)74-68(71)62-59-56-53-50-47-44-41-26-23-20-17-14-11-8-5-2/h7,10,16-17,19-20,25-27,29-30,41,65H,4-6,8-9,11-15,18,21-24,28,31-40,42-64H2,1-3H3/b10-7-,19-16-,20-17-,27-25-,30-29-,41-26-. The summed E-state index contributed by atoms with van der Waals surface area (Å²) < 4.78 is 16.9. The summed E-state index contributed by atoms with van der Waals surface area (Å²) in [5.74, 6) is -0.875. The van der Waals surface area contributed by atoms with Crippen LogP contribution in [0, 0.1) is 0 Å². The first kappa shape index (κ1) is 70.8. The van der Waals surface area contributed by atoms with Crippen molar-refractivity contribution < 1.29 is 28.6 Å². The van der Waals surface area contributed by atoms with E-state index in [0.29, 0.717) is 19.3 Å². The van der Waals surface area contributed by atoms with Gasteiger partial charge in [-0.25, -0.2) is 0 Å². The first-order valence-corrected chi connectivity index (χ1v) is 31.9. The van der Waals surface area contributed by atoms with E-state index in [-0.39, 0.29) is 31.1 Å². The molecule has 0 saturated carbocycles. The van der Waals surface area contributed by atoms with Gasteiger partial charge in [-0.15, -0.1) is 0 Å². The van der Waals surface area contributed by atoms with Gasteiger partial charge in [0.2, 0.25) is 0 Å². The Balaban J connectivity index is 4.19. The Hall–Kier alpha value is -3.15. The fraction of sp³-hybridized carbons (Fsp3) is 0.779. The van der Waals surface area contributed by atoms with Crippen molar-refractivity contribution in [1.82, 2.24) is 0 Å². The summed E-state index contributed by atoms with van der Waals surface area (Å²) in [7, 11) is 0. The van der Waals surface area contributed by atoms with E-state index in [4.69, 9.17) is 14.2 Å². The van der Waals surface area contributed by atoms with E-state index < -0.39 is 6.10 Å². The van der Waals surface area contributed by atoms with Crippen LogP contribution in [0.25, 0.3) is 0 Å². The van der Waals surface area contributed by atoms with Crippen molar-refractivity contribution in [1.29, 1.82) is 0 Å². The first-order chi connectivity index (χ1) is 36.5. The lowest BCUT2D eigenvalue weighted by Gasteiger charge is -2.18. The molecule has 0 aromatic rings. The van der Waals surface area contributed by atoms with Gasteiger partial charge in [-0.2, -0.15) is 0 Å². The maximum Gasteiger partial charge on any atom is 0.306 e. The number of rotatable bonds is 58. The van der Waals surface area contributed by atoms with Gasteiger partial charge in [-0.1, -0.05) is 286 Å². The van der Waals surface area contributed by atoms with E-state index >= 15 is 0 Å². The number of allylic oxidation sites excluding steroid dienone is 12. The average Bonchev–Trinajstić information content (AvgIpc) is 3.40. The smallest absolute Gasteiger partial charge is 0.306 e. The third-order valence-corrected chi connectivity index (χ3v) is 13.9. The lowest BCUT2D eigenvalue weighted by atomic mass is 10.0. The van der Waals surface area contributed by atoms with Crippen molar-refractivity contribution in [3.8, 4) is 0 Å². The number of hydrogen-bond acceptors (Lipinski definition) is 6. The van der Waals surface area contributed by atoms with Crippen LogP contribution in [0.2, 0.25) is 0 Å². The second-order valence-corrected chi connectivity index (χ2v) is 21.3. The van der Waals surface area contributed by atoms with Gasteiger partial charge in [-0.05, 0) is 89.9 Å². The first-order valence-electron chi connectivity index (χ1n) is 31.9. The van der Waals surface area contributed by atoms with E-state index in [1.165, 1.54) is 173 Å². The van der Waals surface area contributed by atoms with Crippen molar-refractivity contribution in [2.24, 2.45) is 0 Å². The van der Waals surface area contributed by atoms with Gasteiger partial charge in [0.25, 0.3) is 0 Å². The van der Waals surface area contributed by atoms with Crippen LogP contribution in [0.1, 0.15) is 323 Å². The lowest BCUT2D eigenvalue weighted by Crippen LogP contribution is -2.30. The zero-order valence-electron chi connectivity index (χ0n) is 49.1. The van der Waals surface area contributed by atoms with Gasteiger partial charge in [0.05, 0.1) is 0 Å². The molecule has 0 radical (unpaired) electrons. The summed E-state index contributed by atoms with van der Waals surface area (Å²) in [5, 5.41) is 0. The molecule has 6 heteroatoms. The minimum absolute atomic E-state index is 0.0765. The summed E-state index contributed by atoms with van der Waals surface area (Å²) in [6, 6.07) is 0. The maximum absolute atomic E-state index is 12.9. The minimum Gasteiger partial charge on any atom is -0.462 e. The van der Waals surface area contributed by atoms with Crippen molar-refractivity contribution in [2.45, 2.75) is 329 Å². The minimum atomic E-state index is -0.780. The summed E-state index contributed by atoms with van der Waals surface area (Å²) in [6.07, 6.45) is 80.6. The number of hydrogen-bond donors (Lipinski definition) is 0. The molecule has 0 aliphatic carbocycles. The molecular weight excluding hydrogens is 913 g/mol. The SMILES string of the molecule is CC/C=C\C/C=C\C/C=C\C/C=C\CCCCCCCCCCCCCCCCCCC(=O)OCC(COC(=O)CCCCCCCCCCCCCC)OC(=O)CCCCCCC/C=C\C/C=C\CCCCC. The molecule has 0 fully saturated rings. The number of unbranched alkanes of at least 4 members (excludes halogenated alkanes) is 35. The lowest BCUT2D eigenvalue weighted by molar-refractivity contribution is -0.167. The van der Waals surface area contributed by atoms with Crippen molar-refractivity contribution in [2.75, 3.05) is 13.2 Å². The number of esters is 3. The van der Waals surface area contributed by atoms with Crippen LogP contribution in [0.15, 0.2) is 72.9 Å². The van der Waals surface area contributed by atoms with Crippen LogP contribution >= 0.6 is 0 Å². The molecule has 0 spiro atoms. The molecule has 0 saturated heterocycles. The normalized spacial score (nSPS) is 12.5. The summed E-state index contributed by atoms with van der Waals surface area (Å²) in [6.45, 7) is 6.52. The van der Waals surface area contributed by atoms with Crippen molar-refractivity contribution >= 4 is 17.9 Å². The zero-order chi connectivity index (χ0) is 53.6. The Morgan fingerprint density at radius 1 is 0.284 bits per heavy atom. The third kappa shape index (κ3) is 59.7. The largest absolute Gasteiger partial charge is 0.462 e. The fourth-order valence-corrected chi connectivity index (χ4v) is 9.17. The van der Waals surface area contributed by atoms with Gasteiger partial charge in [-0.3, -0.25) is 14.4 Å². The van der Waals surface area contributed by atoms with Crippen LogP contribution in [-0.2, 0) is 28.6 Å². The highest BCUT2D eigenvalue weighted by atomic mass is 16.6. The summed E-state index contributed by atoms with van der Waals surface area (Å²) in [4.78, 5) is 38.2. The topological polar surface area (TPSA) is 78.9 Å². The molecule has 0 amide bonds. The molecule has 0 aromatic carbocycles. The Morgan fingerprint density at radius 3 is 0.851 bits per heavy atom. The second-order valence-electron chi connectivity index (χ2n) is 21.3. The highest BCUT2D eigenvalue weighted by Crippen LogP contribution is 2.17. The van der Waals surface area contributed by atoms with E-state index in [1.54, 1.807) is 0 Å². The Labute approximate surface area is 459 Å². The number of ether oxygens (including phenoxy) is 3. The molecule has 74 heavy (non-hydrogen) atoms. The number of carbonyl (C=O) groups is 3. The van der Waals surface area contributed by atoms with E-state index in [9.17, 15) is 14.4 Å². The second kappa shape index (κ2) is 62.4. The van der Waals surface area contributed by atoms with Crippen LogP contribution in [0.3, 0.4) is 0 Å². The van der Waals surface area contributed by atoms with Crippen molar-refractivity contribution in [3.63, 3.8) is 0 Å². The Morgan fingerprint density at radius 2 is 0.527 bits per heavy atom. The van der Waals surface area contributed by atoms with E-state index in [0.717, 1.165) is 109 Å². The predicted octanol–water partition coefficient (Wildman–Crippen LogP) is 21.7. The highest BCUT2D eigenvalue weighted by molar-refractivity contribution is 5.71. The molecule has 1 unspecified atom stereocenters. The highest BCUT2D eigenvalue weighted by Gasteiger charge is 2.19.